The zero-order chi connectivity index (χ0) is 8.08. The molecule has 1 atom stereocenters. The molecule has 1 N–H and O–H groups in total. The van der Waals surface area contributed by atoms with Crippen LogP contribution in [0.5, 0.6) is 0 Å². The van der Waals surface area contributed by atoms with Crippen LogP contribution in [-0.4, -0.2) is 18.4 Å². The predicted molar refractivity (Wildman–Crippen MR) is 29.3 cm³/mol. The van der Waals surface area contributed by atoms with Gasteiger partial charge in [0.1, 0.15) is 0 Å². The van der Waals surface area contributed by atoms with Crippen molar-refractivity contribution in [1.29, 1.82) is 0 Å². The first-order valence-electron chi connectivity index (χ1n) is 1.23. The number of nitrogens with zero attached hydrogens (tertiary/aromatic N) is 1. The third kappa shape index (κ3) is 632. The van der Waals surface area contributed by atoms with Crippen molar-refractivity contribution in [2.45, 2.75) is 0 Å². The van der Waals surface area contributed by atoms with E-state index in [1.54, 1.807) is 0 Å². The monoisotopic (exact) mass is 305 g/mol. The Balaban J connectivity index is -0.0000000383. The van der Waals surface area contributed by atoms with Gasteiger partial charge in [-0.1, -0.05) is 0 Å². The van der Waals surface area contributed by atoms with E-state index in [2.05, 4.69) is 11.2 Å². The van der Waals surface area contributed by atoms with E-state index in [1.165, 1.54) is 0 Å². The molecule has 0 saturated carbocycles. The molecule has 0 fully saturated rings. The third-order valence-corrected chi connectivity index (χ3v) is 0. The minimum atomic E-state index is -4.08. The molecule has 1 unspecified atom stereocenters. The smallest absolute Gasteiger partial charge is 0.748 e. The summed E-state index contributed by atoms with van der Waals surface area (Å²) < 4.78 is 25.3. The zero-order valence-corrected chi connectivity index (χ0v) is 10.2. The van der Waals surface area contributed by atoms with Gasteiger partial charge in [0, 0.05) is 0 Å². The van der Waals surface area contributed by atoms with Crippen LogP contribution < -0.4 is 29.6 Å². The topological polar surface area (TPSA) is 127 Å². The molecule has 0 aliphatic carbocycles. The summed E-state index contributed by atoms with van der Waals surface area (Å²) in [5, 5.41) is 14.8. The Hall–Kier alpha value is 1.23. The Morgan fingerprint density at radius 1 is 1.45 bits per heavy atom. The summed E-state index contributed by atoms with van der Waals surface area (Å²) in [6.45, 7) is 0. The summed E-state index contributed by atoms with van der Waals surface area (Å²) in [7, 11) is -4.08. The van der Waals surface area contributed by atoms with Crippen LogP contribution in [0, 0.1) is 15.3 Å². The Morgan fingerprint density at radius 2 is 1.45 bits per heavy atom. The molecule has 0 heterocycles. The Bertz CT molecular complexity index is 163. The second-order valence-corrected chi connectivity index (χ2v) is 2.77. The van der Waals surface area contributed by atoms with Gasteiger partial charge in [0.25, 0.3) is 0 Å². The average molecular weight is 306 g/mol. The van der Waals surface area contributed by atoms with Crippen LogP contribution in [0.1, 0.15) is 0 Å². The molecule has 0 aromatic heterocycles. The van der Waals surface area contributed by atoms with E-state index in [4.69, 9.17) is 28.6 Å². The summed E-state index contributed by atoms with van der Waals surface area (Å²) in [6.07, 6.45) is 0. The molecule has 11 heteroatoms. The maximum Gasteiger partial charge on any atom is 1.00 e. The van der Waals surface area contributed by atoms with Crippen LogP contribution in [0.2, 0.25) is 0 Å². The van der Waals surface area contributed by atoms with Gasteiger partial charge in [0.2, 0.25) is 0 Å². The molecule has 0 aliphatic rings. The van der Waals surface area contributed by atoms with E-state index in [1.807, 2.05) is 0 Å². The van der Waals surface area contributed by atoms with Gasteiger partial charge in [-0.3, -0.25) is 0 Å². The third-order valence-electron chi connectivity index (χ3n) is 0. The fourth-order valence-electron chi connectivity index (χ4n) is 0. The molecule has 0 aliphatic heterocycles. The van der Waals surface area contributed by atoms with Crippen molar-refractivity contribution in [1.82, 2.24) is 0 Å². The fraction of sp³-hybridized carbons (Fsp3) is 0. The average Bonchev–Trinajstić information content (AvgIpc) is 1.19. The summed E-state index contributed by atoms with van der Waals surface area (Å²) in [6, 6.07) is 0. The van der Waals surface area contributed by atoms with Crippen LogP contribution in [0.25, 0.3) is 0 Å². The van der Waals surface area contributed by atoms with Crippen LogP contribution in [-0.2, 0) is 42.6 Å². The molecule has 0 rings (SSSR count). The molecule has 0 radical (unpaired) electrons. The molecule has 0 saturated heterocycles. The molecular weight excluding hydrogens is 305 g/mol. The van der Waals surface area contributed by atoms with Crippen molar-refractivity contribution in [2.24, 2.45) is 0 Å². The molecule has 7 nitrogen and oxygen atoms in total. The van der Waals surface area contributed by atoms with Gasteiger partial charge >= 0.3 is 51.9 Å². The molecule has 0 bridgehead atoms. The predicted octanol–water partition coefficient (Wildman–Crippen LogP) is -3.90. The van der Waals surface area contributed by atoms with E-state index in [0.29, 0.717) is 0 Å². The second-order valence-electron chi connectivity index (χ2n) is 0.651. The minimum absolute atomic E-state index is 0. The molecule has 0 aromatic carbocycles. The number of rotatable bonds is 0. The van der Waals surface area contributed by atoms with Crippen LogP contribution in [0.3, 0.4) is 0 Å². The molecule has 0 amide bonds. The van der Waals surface area contributed by atoms with Gasteiger partial charge in [-0.2, -0.15) is 0 Å². The zero-order valence-electron chi connectivity index (χ0n) is 5.05. The van der Waals surface area contributed by atoms with Crippen molar-refractivity contribution in [3.05, 3.63) is 15.3 Å². The largest absolute Gasteiger partial charge is 1.00 e. The van der Waals surface area contributed by atoms with Crippen molar-refractivity contribution in [3.63, 3.8) is 0 Å². The minimum Gasteiger partial charge on any atom is -0.748 e. The van der Waals surface area contributed by atoms with Crippen LogP contribution in [0.4, 0.5) is 0 Å². The first-order valence-corrected chi connectivity index (χ1v) is 3.60. The Labute approximate surface area is 105 Å². The first-order chi connectivity index (χ1) is 3.73. The SMILES string of the molecule is O=S([O-])(O)=S.O=[N+]([O-])[O-].[Ag+].[Na+]. The number of hydrogen-bond acceptors (Lipinski definition) is 6. The maximum absolute atomic E-state index is 9.00. The van der Waals surface area contributed by atoms with Crippen molar-refractivity contribution < 1.29 is 70.3 Å². The van der Waals surface area contributed by atoms with Crippen molar-refractivity contribution in [2.75, 3.05) is 0 Å². The van der Waals surface area contributed by atoms with Gasteiger partial charge in [0.05, 0.1) is 14.1 Å². The first kappa shape index (κ1) is 22.8. The molecule has 0 aromatic rings. The Kier molecular flexibility index (Phi) is 23.2. The Morgan fingerprint density at radius 3 is 1.45 bits per heavy atom. The quantitative estimate of drug-likeness (QED) is 0.275. The molecule has 66 valence electrons. The van der Waals surface area contributed by atoms with E-state index >= 15 is 0 Å². The van der Waals surface area contributed by atoms with Gasteiger partial charge in [0.15, 0.2) is 0 Å². The van der Waals surface area contributed by atoms with Gasteiger partial charge in [-0.15, -0.1) is 0 Å². The summed E-state index contributed by atoms with van der Waals surface area (Å²) in [4.78, 5) is 8.25. The van der Waals surface area contributed by atoms with Gasteiger partial charge in [-0.05, 0) is 11.2 Å². The summed E-state index contributed by atoms with van der Waals surface area (Å²) >= 11 is 3.35. The van der Waals surface area contributed by atoms with Crippen molar-refractivity contribution >= 4 is 20.2 Å². The molecular formula is HAgNNaO6S2. The van der Waals surface area contributed by atoms with E-state index in [9.17, 15) is 0 Å². The van der Waals surface area contributed by atoms with Gasteiger partial charge in [-0.25, -0.2) is 4.21 Å². The molecule has 11 heavy (non-hydrogen) atoms. The maximum atomic E-state index is 9.00. The fourth-order valence-corrected chi connectivity index (χ4v) is 0. The van der Waals surface area contributed by atoms with E-state index in [-0.39, 0.29) is 51.9 Å². The van der Waals surface area contributed by atoms with E-state index < -0.39 is 14.1 Å². The summed E-state index contributed by atoms with van der Waals surface area (Å²) in [5.74, 6) is 0. The summed E-state index contributed by atoms with van der Waals surface area (Å²) in [5.41, 5.74) is 0. The normalized spacial score (nSPS) is 11.8. The van der Waals surface area contributed by atoms with Crippen LogP contribution in [0.15, 0.2) is 0 Å². The van der Waals surface area contributed by atoms with Crippen LogP contribution >= 0.6 is 0 Å². The second kappa shape index (κ2) is 11.2. The van der Waals surface area contributed by atoms with Crippen molar-refractivity contribution in [3.8, 4) is 0 Å². The van der Waals surface area contributed by atoms with E-state index in [0.717, 1.165) is 0 Å². The number of hydrogen-bond donors (Lipinski definition) is 1. The molecule has 0 spiro atoms. The standard InChI is InChI=1S/Ag.NO3.Na.H2O3S2/c;2-1(3)4;;1-5(2,3)4/h;;;(H2,1,2,3,4)/q+1;-1;+1;/p-1. The van der Waals surface area contributed by atoms with Gasteiger partial charge < -0.3 is 24.4 Å².